The molecule has 0 saturated carbocycles. The van der Waals surface area contributed by atoms with Crippen LogP contribution in [0.25, 0.3) is 0 Å². The van der Waals surface area contributed by atoms with Crippen molar-refractivity contribution in [2.75, 3.05) is 6.54 Å². The Kier molecular flexibility index (Phi) is 2.49. The van der Waals surface area contributed by atoms with E-state index >= 15 is 0 Å². The van der Waals surface area contributed by atoms with Crippen molar-refractivity contribution in [3.05, 3.63) is 35.6 Å². The topological polar surface area (TPSA) is 37.4 Å². The summed E-state index contributed by atoms with van der Waals surface area (Å²) >= 11 is 0. The molecule has 1 aromatic rings. The summed E-state index contributed by atoms with van der Waals surface area (Å²) in [5.41, 5.74) is 0.707. The van der Waals surface area contributed by atoms with Crippen molar-refractivity contribution < 1.29 is 14.0 Å². The molecular formula is C11H10FNO2. The van der Waals surface area contributed by atoms with Gasteiger partial charge in [0.15, 0.2) is 5.78 Å². The van der Waals surface area contributed by atoms with E-state index in [0.717, 1.165) is 0 Å². The first-order valence-electron chi connectivity index (χ1n) is 4.69. The molecule has 1 saturated heterocycles. The number of Topliss-reactive ketones (excluding diaryl/α,β-unsaturated/α-hetero) is 1. The number of benzene rings is 1. The fraction of sp³-hybridized carbons (Fsp3) is 0.273. The predicted octanol–water partition coefficient (Wildman–Crippen LogP) is 1.13. The van der Waals surface area contributed by atoms with Crippen molar-refractivity contribution in [3.63, 3.8) is 0 Å². The van der Waals surface area contributed by atoms with Crippen LogP contribution in [0.3, 0.4) is 0 Å². The van der Waals surface area contributed by atoms with Crippen LogP contribution in [0.5, 0.6) is 0 Å². The molecule has 0 aliphatic carbocycles. The van der Waals surface area contributed by atoms with Crippen LogP contribution >= 0.6 is 0 Å². The van der Waals surface area contributed by atoms with E-state index in [1.165, 1.54) is 17.0 Å². The van der Waals surface area contributed by atoms with Gasteiger partial charge in [-0.3, -0.25) is 9.59 Å². The van der Waals surface area contributed by atoms with Crippen LogP contribution in [0.15, 0.2) is 24.3 Å². The van der Waals surface area contributed by atoms with Crippen LogP contribution in [0.2, 0.25) is 0 Å². The Morgan fingerprint density at radius 1 is 1.33 bits per heavy atom. The van der Waals surface area contributed by atoms with Crippen LogP contribution in [0.4, 0.5) is 4.39 Å². The summed E-state index contributed by atoms with van der Waals surface area (Å²) in [7, 11) is 0. The van der Waals surface area contributed by atoms with Crippen LogP contribution in [0, 0.1) is 5.82 Å². The average Bonchev–Trinajstić information content (AvgIpc) is 2.45. The highest BCUT2D eigenvalue weighted by Crippen LogP contribution is 2.12. The number of halogens is 1. The van der Waals surface area contributed by atoms with Gasteiger partial charge >= 0.3 is 0 Å². The number of rotatable bonds is 2. The summed E-state index contributed by atoms with van der Waals surface area (Å²) in [4.78, 5) is 23.7. The van der Waals surface area contributed by atoms with Gasteiger partial charge in [0.25, 0.3) is 0 Å². The third-order valence-corrected chi connectivity index (χ3v) is 2.33. The first kappa shape index (κ1) is 9.83. The van der Waals surface area contributed by atoms with Gasteiger partial charge in [0.2, 0.25) is 5.91 Å². The molecule has 78 valence electrons. The van der Waals surface area contributed by atoms with Crippen LogP contribution < -0.4 is 0 Å². The number of hydrogen-bond acceptors (Lipinski definition) is 2. The van der Waals surface area contributed by atoms with Crippen molar-refractivity contribution in [3.8, 4) is 0 Å². The van der Waals surface area contributed by atoms with E-state index in [9.17, 15) is 14.0 Å². The van der Waals surface area contributed by atoms with Gasteiger partial charge in [-0.1, -0.05) is 12.1 Å². The molecule has 3 nitrogen and oxygen atoms in total. The van der Waals surface area contributed by atoms with E-state index in [4.69, 9.17) is 0 Å². The first-order chi connectivity index (χ1) is 7.15. The maximum absolute atomic E-state index is 12.8. The molecule has 0 bridgehead atoms. The average molecular weight is 207 g/mol. The fourth-order valence-electron chi connectivity index (χ4n) is 1.64. The molecule has 2 rings (SSSR count). The number of carbonyl (C=O) groups is 2. The Bertz CT molecular complexity index is 417. The monoisotopic (exact) mass is 207 g/mol. The molecule has 1 aliphatic heterocycles. The second kappa shape index (κ2) is 3.81. The van der Waals surface area contributed by atoms with E-state index in [1.54, 1.807) is 12.1 Å². The van der Waals surface area contributed by atoms with Gasteiger partial charge in [0, 0.05) is 6.54 Å². The lowest BCUT2D eigenvalue weighted by atomic mass is 10.2. The Balaban J connectivity index is 2.09. The normalized spacial score (nSPS) is 16.2. The highest BCUT2D eigenvalue weighted by molar-refractivity contribution is 6.05. The molecule has 0 N–H and O–H groups in total. The molecule has 4 heteroatoms. The smallest absolute Gasteiger partial charge is 0.230 e. The Morgan fingerprint density at radius 3 is 2.73 bits per heavy atom. The number of amides is 1. The fourth-order valence-corrected chi connectivity index (χ4v) is 1.64. The Hall–Kier alpha value is -1.71. The Labute approximate surface area is 86.5 Å². The molecule has 1 aliphatic rings. The molecule has 1 aromatic carbocycles. The number of ketones is 1. The van der Waals surface area contributed by atoms with Gasteiger partial charge in [-0.15, -0.1) is 0 Å². The molecule has 0 spiro atoms. The maximum atomic E-state index is 12.8. The van der Waals surface area contributed by atoms with Gasteiger partial charge in [-0.25, -0.2) is 4.39 Å². The third-order valence-electron chi connectivity index (χ3n) is 2.33. The van der Waals surface area contributed by atoms with Gasteiger partial charge in [-0.2, -0.15) is 0 Å². The minimum absolute atomic E-state index is 0.0185. The molecule has 0 atom stereocenters. The zero-order valence-corrected chi connectivity index (χ0v) is 8.07. The zero-order valence-electron chi connectivity index (χ0n) is 8.07. The summed E-state index contributed by atoms with van der Waals surface area (Å²) in [6, 6.07) is 6.04. The SMILES string of the molecule is O=C1CC(=O)N(Cc2cccc(F)c2)C1. The minimum Gasteiger partial charge on any atom is -0.331 e. The molecule has 0 unspecified atom stereocenters. The standard InChI is InChI=1S/C11H10FNO2/c12-9-3-1-2-8(4-9)6-13-7-10(14)5-11(13)15/h1-4H,5-7H2. The van der Waals surface area contributed by atoms with E-state index in [-0.39, 0.29) is 30.5 Å². The molecular weight excluding hydrogens is 197 g/mol. The summed E-state index contributed by atoms with van der Waals surface area (Å²) in [5, 5.41) is 0. The van der Waals surface area contributed by atoms with Gasteiger partial charge < -0.3 is 4.90 Å². The van der Waals surface area contributed by atoms with Crippen LogP contribution in [-0.2, 0) is 16.1 Å². The lowest BCUT2D eigenvalue weighted by Crippen LogP contribution is -2.24. The Morgan fingerprint density at radius 2 is 2.13 bits per heavy atom. The van der Waals surface area contributed by atoms with E-state index in [0.29, 0.717) is 12.1 Å². The molecule has 0 radical (unpaired) electrons. The molecule has 1 amide bonds. The second-order valence-electron chi connectivity index (χ2n) is 3.60. The largest absolute Gasteiger partial charge is 0.331 e. The second-order valence-corrected chi connectivity index (χ2v) is 3.60. The minimum atomic E-state index is -0.328. The van der Waals surface area contributed by atoms with Gasteiger partial charge in [-0.05, 0) is 17.7 Å². The highest BCUT2D eigenvalue weighted by Gasteiger charge is 2.26. The van der Waals surface area contributed by atoms with Crippen molar-refractivity contribution in [1.29, 1.82) is 0 Å². The number of hydrogen-bond donors (Lipinski definition) is 0. The van der Waals surface area contributed by atoms with Gasteiger partial charge in [0.05, 0.1) is 13.0 Å². The van der Waals surface area contributed by atoms with Crippen molar-refractivity contribution in [1.82, 2.24) is 4.90 Å². The summed E-state index contributed by atoms with van der Waals surface area (Å²) < 4.78 is 12.8. The maximum Gasteiger partial charge on any atom is 0.230 e. The summed E-state index contributed by atoms with van der Waals surface area (Å²) in [6.45, 7) is 0.456. The van der Waals surface area contributed by atoms with E-state index in [2.05, 4.69) is 0 Å². The van der Waals surface area contributed by atoms with Crippen molar-refractivity contribution in [2.24, 2.45) is 0 Å². The summed E-state index contributed by atoms with van der Waals surface area (Å²) in [5.74, 6) is -0.578. The number of nitrogens with zero attached hydrogens (tertiary/aromatic N) is 1. The van der Waals surface area contributed by atoms with Gasteiger partial charge in [0.1, 0.15) is 5.82 Å². The molecule has 0 aromatic heterocycles. The molecule has 1 heterocycles. The lowest BCUT2D eigenvalue weighted by Gasteiger charge is -2.14. The first-order valence-corrected chi connectivity index (χ1v) is 4.69. The van der Waals surface area contributed by atoms with E-state index < -0.39 is 0 Å². The van der Waals surface area contributed by atoms with Crippen LogP contribution in [-0.4, -0.2) is 23.1 Å². The number of likely N-dealkylation sites (tertiary alicyclic amines) is 1. The molecule has 1 fully saturated rings. The quantitative estimate of drug-likeness (QED) is 0.682. The predicted molar refractivity (Wildman–Crippen MR) is 51.4 cm³/mol. The van der Waals surface area contributed by atoms with Crippen LogP contribution in [0.1, 0.15) is 12.0 Å². The lowest BCUT2D eigenvalue weighted by molar-refractivity contribution is -0.128. The highest BCUT2D eigenvalue weighted by atomic mass is 19.1. The van der Waals surface area contributed by atoms with Crippen molar-refractivity contribution >= 4 is 11.7 Å². The van der Waals surface area contributed by atoms with E-state index in [1.807, 2.05) is 0 Å². The zero-order chi connectivity index (χ0) is 10.8. The molecule has 15 heavy (non-hydrogen) atoms. The number of carbonyl (C=O) groups excluding carboxylic acids is 2. The van der Waals surface area contributed by atoms with Crippen molar-refractivity contribution in [2.45, 2.75) is 13.0 Å². The summed E-state index contributed by atoms with van der Waals surface area (Å²) in [6.07, 6.45) is -0.0185. The third kappa shape index (κ3) is 2.21.